The summed E-state index contributed by atoms with van der Waals surface area (Å²) in [5, 5.41) is 69.1. The highest BCUT2D eigenvalue weighted by atomic mass is 35.5. The molecule has 20 rings (SSSR count). The van der Waals surface area contributed by atoms with E-state index in [1.165, 1.54) is 67.3 Å². The zero-order chi connectivity index (χ0) is 104. The fraction of sp³-hybridized carbons (Fsp3) is 0.220. The molecule has 8 N–H and O–H groups in total. The molecule has 6 aliphatic rings. The number of anilines is 5. The number of piperidine rings is 1. The molecule has 1 saturated heterocycles. The van der Waals surface area contributed by atoms with Crippen molar-refractivity contribution in [1.82, 2.24) is 4.90 Å². The number of fused-ring (bicyclic) bond motifs is 6. The molecule has 0 radical (unpaired) electrons. The third-order valence-corrected chi connectivity index (χ3v) is 29.5. The minimum Gasteiger partial charge on any atom is -0.507 e. The highest BCUT2D eigenvalue weighted by molar-refractivity contribution is 7.09. The van der Waals surface area contributed by atoms with Crippen LogP contribution in [0.2, 0.25) is 20.1 Å². The maximum absolute atomic E-state index is 13.5. The Balaban J connectivity index is 0.000000131. The first-order chi connectivity index (χ1) is 69.8. The number of Topliss-reactive ketones (excluding diaryl/α,β-unsaturated/α-hetero) is 4. The van der Waals surface area contributed by atoms with Gasteiger partial charge in [-0.2, -0.15) is 0 Å². The molecule has 1 aromatic heterocycles. The number of nitrogens with zero attached hydrogens (tertiary/aromatic N) is 6. The lowest BCUT2D eigenvalue weighted by Gasteiger charge is -2.37. The predicted octanol–water partition coefficient (Wildman–Crippen LogP) is 22.1. The molecule has 1 fully saturated rings. The number of halogens is 4. The van der Waals surface area contributed by atoms with Gasteiger partial charge in [-0.05, 0) is 205 Å². The van der Waals surface area contributed by atoms with E-state index < -0.39 is 81.9 Å². The number of para-hydroxylation sites is 3. The molecule has 23 nitrogen and oxygen atoms in total. The third-order valence-electron chi connectivity index (χ3n) is 27.7. The number of urea groups is 1. The molecule has 146 heavy (non-hydrogen) atoms. The summed E-state index contributed by atoms with van der Waals surface area (Å²) in [5.41, 5.74) is 12.9. The van der Waals surface area contributed by atoms with Gasteiger partial charge in [-0.3, -0.25) is 43.2 Å². The monoisotopic (exact) mass is 2050 g/mol. The van der Waals surface area contributed by atoms with Gasteiger partial charge >= 0.3 is 6.03 Å². The Bertz CT molecular complexity index is 7350. The maximum Gasteiger partial charge on any atom is 0.314 e. The number of carbonyl (C=O) groups excluding carboxylic acids is 10. The van der Waals surface area contributed by atoms with Crippen molar-refractivity contribution in [1.29, 1.82) is 0 Å². The van der Waals surface area contributed by atoms with Crippen LogP contribution in [0.15, 0.2) is 315 Å². The lowest BCUT2D eigenvalue weighted by atomic mass is 9.73. The zero-order valence-electron chi connectivity index (χ0n) is 80.9. The maximum atomic E-state index is 13.5. The molecule has 13 aromatic carbocycles. The van der Waals surface area contributed by atoms with Gasteiger partial charge in [0.25, 0.3) is 23.6 Å². The van der Waals surface area contributed by atoms with Crippen LogP contribution in [-0.4, -0.2) is 107 Å². The van der Waals surface area contributed by atoms with Gasteiger partial charge < -0.3 is 65.8 Å². The second-order valence-electron chi connectivity index (χ2n) is 37.7. The predicted molar refractivity (Wildman–Crippen MR) is 569 cm³/mol. The van der Waals surface area contributed by atoms with Crippen molar-refractivity contribution in [3.8, 4) is 11.5 Å². The summed E-state index contributed by atoms with van der Waals surface area (Å²) in [7, 11) is 0. The molecule has 0 saturated carbocycles. The molecule has 0 unspecified atom stereocenters. The summed E-state index contributed by atoms with van der Waals surface area (Å²) in [6, 6.07) is 91.2. The number of ketones is 4. The second-order valence-corrected chi connectivity index (χ2v) is 40.5. The van der Waals surface area contributed by atoms with E-state index in [9.17, 15) is 78.6 Å². The van der Waals surface area contributed by atoms with Crippen LogP contribution >= 0.6 is 57.7 Å². The lowest BCUT2D eigenvalue weighted by molar-refractivity contribution is -0.136. The van der Waals surface area contributed by atoms with E-state index in [0.29, 0.717) is 122 Å². The smallest absolute Gasteiger partial charge is 0.314 e. The summed E-state index contributed by atoms with van der Waals surface area (Å²) >= 11 is 26.1. The lowest BCUT2D eigenvalue weighted by Crippen LogP contribution is -2.51. The Hall–Kier alpha value is -14.5. The van der Waals surface area contributed by atoms with E-state index in [2.05, 4.69) is 19.9 Å². The molecular weight excluding hydrogens is 1950 g/mol. The van der Waals surface area contributed by atoms with Crippen molar-refractivity contribution in [2.45, 2.75) is 153 Å². The largest absolute Gasteiger partial charge is 0.507 e. The standard InChI is InChI=1S/C27H26ClNO3.C26H24ClNO3.C24H20ClNO4.C21H16ClNO4S.C20H21N3O2/c1-17(2)20-8-10-21(11-9-20)25(30)15-27(32)23-14-22(28)12-13-24(23)29(26(27)31)16-19-6-4-18(3)5-7-19;1-3-18-8-10-20(11-9-18)24(29)15-26(31)22-14-21(27)12-13-23(22)28(25(26)30)16-19-6-4-17(2)5-7-19;1-15-6-2-3-7-16(15)14-26-20-11-10-17(25)12-19(20)24(30,23(26)29)13-22(28)18-8-4-5-9-21(18)27;22-13-7-8-17-16(10-13)21(27,11-19(25)15-5-1-2-6-18(15)24)20(26)23(17)12-14-4-3-9-28-14;21-19(25)22-12-10-20(11-13-22)16-8-4-5-9-17(16)23(18(20)24)14-15-6-2-1-3-7-15/h4-14,17,32H,15-16H2,1-3H3;4-14,31H,3,15-16H2,1-2H3;2-12,27,30H,13-14H2,1H3;1-10,24,27H,11-12H2;1-9H,10-14H2,(H2,21,25)/t27-;26-;24-;21-;/m0000./s1. The topological polar surface area (TPSA) is 338 Å². The number of benzene rings is 13. The minimum absolute atomic E-state index is 0.0552. The van der Waals surface area contributed by atoms with Crippen LogP contribution in [-0.2, 0) is 90.9 Å². The number of carbonyl (C=O) groups is 10. The summed E-state index contributed by atoms with van der Waals surface area (Å²) in [6.45, 7) is 14.9. The number of rotatable bonds is 24. The number of aryl methyl sites for hydroxylation is 4. The number of phenols is 2. The number of phenolic OH excluding ortho intramolecular Hbond substituents is 2. The Morgan fingerprint density at radius 2 is 0.712 bits per heavy atom. The van der Waals surface area contributed by atoms with Crippen molar-refractivity contribution in [3.05, 3.63) is 440 Å². The first-order valence-electron chi connectivity index (χ1n) is 47.8. The highest BCUT2D eigenvalue weighted by Gasteiger charge is 2.57. The Morgan fingerprint density at radius 1 is 0.363 bits per heavy atom. The quantitative estimate of drug-likeness (QED) is 0.0276. The number of aromatic hydroxyl groups is 2. The van der Waals surface area contributed by atoms with Crippen LogP contribution in [0.25, 0.3) is 0 Å². The summed E-state index contributed by atoms with van der Waals surface area (Å²) in [6.07, 6.45) is 0.448. The molecule has 7 amide bonds. The van der Waals surface area contributed by atoms with Crippen LogP contribution in [0.3, 0.4) is 0 Å². The number of aliphatic hydroxyl groups is 4. The van der Waals surface area contributed by atoms with Gasteiger partial charge in [0, 0.05) is 77.1 Å². The number of thiophene rings is 1. The van der Waals surface area contributed by atoms with Crippen molar-refractivity contribution >= 4 is 145 Å². The first kappa shape index (κ1) is 104. The van der Waals surface area contributed by atoms with E-state index in [1.807, 2.05) is 196 Å². The summed E-state index contributed by atoms with van der Waals surface area (Å²) in [4.78, 5) is 140. The number of hydrogen-bond acceptors (Lipinski definition) is 17. The highest BCUT2D eigenvalue weighted by Crippen LogP contribution is 2.53. The van der Waals surface area contributed by atoms with Gasteiger partial charge in [0.05, 0.1) is 97.7 Å². The van der Waals surface area contributed by atoms with Gasteiger partial charge in [0.1, 0.15) is 11.5 Å². The summed E-state index contributed by atoms with van der Waals surface area (Å²) in [5.74, 6) is -3.74. The van der Waals surface area contributed by atoms with Crippen molar-refractivity contribution in [3.63, 3.8) is 0 Å². The molecule has 1 spiro atoms. The van der Waals surface area contributed by atoms with Gasteiger partial charge in [-0.15, -0.1) is 11.3 Å². The van der Waals surface area contributed by atoms with Crippen molar-refractivity contribution in [2.24, 2.45) is 5.73 Å². The molecule has 28 heteroatoms. The van der Waals surface area contributed by atoms with E-state index in [0.717, 1.165) is 72.6 Å². The average Bonchev–Trinajstić information content (AvgIpc) is 2.28. The second kappa shape index (κ2) is 43.8. The minimum atomic E-state index is -2.07. The number of nitrogens with two attached hydrogens (primary N) is 1. The van der Waals surface area contributed by atoms with Crippen LogP contribution in [0.1, 0.15) is 189 Å². The molecule has 7 heterocycles. The molecule has 4 atom stereocenters. The van der Waals surface area contributed by atoms with Crippen LogP contribution < -0.4 is 30.2 Å². The van der Waals surface area contributed by atoms with E-state index in [1.54, 1.807) is 114 Å². The molecule has 14 aromatic rings. The number of primary amides is 1. The van der Waals surface area contributed by atoms with Crippen molar-refractivity contribution in [2.75, 3.05) is 37.6 Å². The summed E-state index contributed by atoms with van der Waals surface area (Å²) < 4.78 is 0. The van der Waals surface area contributed by atoms with E-state index in [4.69, 9.17) is 52.1 Å². The van der Waals surface area contributed by atoms with Crippen molar-refractivity contribution < 1.29 is 78.6 Å². The molecule has 0 aliphatic carbocycles. The van der Waals surface area contributed by atoms with Crippen LogP contribution in [0, 0.1) is 20.8 Å². The normalized spacial score (nSPS) is 18.0. The van der Waals surface area contributed by atoms with Gasteiger partial charge in [0.2, 0.25) is 5.91 Å². The molecule has 0 bridgehead atoms. The van der Waals surface area contributed by atoms with Gasteiger partial charge in [-0.25, -0.2) is 4.79 Å². The van der Waals surface area contributed by atoms with Crippen LogP contribution in [0.4, 0.5) is 33.2 Å². The molecular formula is C118H107Cl4N7O16S. The number of hydrogen-bond donors (Lipinski definition) is 7. The number of likely N-dealkylation sites (tertiary alicyclic amines) is 1. The SMILES string of the molecule is CCc1ccc(C(=O)C[C@@]2(O)C(=O)N(Cc3ccc(C)cc3)c3ccc(Cl)cc32)cc1.Cc1ccc(CN2C(=O)[C@](O)(CC(=O)c3ccc(C(C)C)cc3)c3cc(Cl)ccc32)cc1.Cc1ccccc1CN1C(=O)[C@](O)(CC(=O)c2ccccc2O)c2cc(Cl)ccc21.NC(=O)N1CCC2(CC1)C(=O)N(Cc1ccccc1)c1ccccc12.O=C(C[C@@]1(O)C(=O)N(Cc2cccs2)c2ccc(Cl)cc21)c1ccccc1O. The fourth-order valence-corrected chi connectivity index (χ4v) is 20.9. The zero-order valence-corrected chi connectivity index (χ0v) is 84.8. The Kier molecular flexibility index (Phi) is 31.3. The number of amides is 7. The molecule has 744 valence electrons. The average molecular weight is 2050 g/mol. The van der Waals surface area contributed by atoms with Crippen LogP contribution in [0.5, 0.6) is 11.5 Å². The van der Waals surface area contributed by atoms with Gasteiger partial charge in [-0.1, -0.05) is 278 Å². The van der Waals surface area contributed by atoms with E-state index >= 15 is 0 Å². The third kappa shape index (κ3) is 21.6. The Morgan fingerprint density at radius 3 is 1.11 bits per heavy atom. The first-order valence-corrected chi connectivity index (χ1v) is 50.2. The van der Waals surface area contributed by atoms with Gasteiger partial charge in [0.15, 0.2) is 45.5 Å². The Labute approximate surface area is 869 Å². The molecule has 6 aliphatic heterocycles. The van der Waals surface area contributed by atoms with E-state index in [-0.39, 0.29) is 71.6 Å². The fourth-order valence-electron chi connectivity index (χ4n) is 19.5.